The number of nitrogens with one attached hydrogen (secondary N) is 1. The fourth-order valence-corrected chi connectivity index (χ4v) is 5.86. The van der Waals surface area contributed by atoms with Gasteiger partial charge in [0.05, 0.1) is 36.5 Å². The molecule has 0 saturated carbocycles. The number of nitrogens with zero attached hydrogens (tertiary/aromatic N) is 5. The lowest BCUT2D eigenvalue weighted by Gasteiger charge is -2.39. The number of aromatic nitrogens is 1. The third-order valence-electron chi connectivity index (χ3n) is 8.04. The molecule has 2 aromatic carbocycles. The molecule has 6 rings (SSSR count). The molecule has 238 valence electrons. The third-order valence-corrected chi connectivity index (χ3v) is 8.04. The van der Waals surface area contributed by atoms with Gasteiger partial charge in [-0.2, -0.15) is 0 Å². The van der Waals surface area contributed by atoms with Crippen molar-refractivity contribution in [1.29, 1.82) is 0 Å². The van der Waals surface area contributed by atoms with Crippen LogP contribution in [0.1, 0.15) is 24.2 Å². The number of ether oxygens (including phenoxy) is 3. The summed E-state index contributed by atoms with van der Waals surface area (Å²) in [7, 11) is 1.71. The van der Waals surface area contributed by atoms with Crippen LogP contribution in [0, 0.1) is 11.6 Å². The summed E-state index contributed by atoms with van der Waals surface area (Å²) >= 11 is 0. The largest absolute Gasteiger partial charge is 0.467 e. The highest BCUT2D eigenvalue weighted by Gasteiger charge is 2.34. The first-order valence-electron chi connectivity index (χ1n) is 14.5. The number of esters is 1. The number of hydrogen-bond donors (Lipinski definition) is 1. The monoisotopic (exact) mass is 626 g/mol. The minimum atomic E-state index is -0.790. The lowest BCUT2D eigenvalue weighted by Crippen LogP contribution is -2.48. The number of amides is 2. The van der Waals surface area contributed by atoms with Gasteiger partial charge in [0.1, 0.15) is 28.7 Å². The second-order valence-electron chi connectivity index (χ2n) is 11.0. The molecule has 0 bridgehead atoms. The minimum absolute atomic E-state index is 0.00697. The number of cyclic esters (lactones) is 1. The molecule has 0 aliphatic carbocycles. The van der Waals surface area contributed by atoms with E-state index in [9.17, 15) is 19.2 Å². The van der Waals surface area contributed by atoms with E-state index < -0.39 is 35.2 Å². The number of piperazine rings is 1. The number of pyridine rings is 1. The average molecular weight is 627 g/mol. The molecule has 0 radical (unpaired) electrons. The van der Waals surface area contributed by atoms with Crippen molar-refractivity contribution in [2.75, 3.05) is 79.4 Å². The van der Waals surface area contributed by atoms with Crippen LogP contribution in [-0.2, 0) is 14.3 Å². The van der Waals surface area contributed by atoms with Crippen LogP contribution in [0.2, 0.25) is 0 Å². The molecule has 2 saturated heterocycles. The van der Waals surface area contributed by atoms with E-state index in [0.717, 1.165) is 6.07 Å². The maximum Gasteiger partial charge on any atom is 0.414 e. The predicted molar refractivity (Wildman–Crippen MR) is 161 cm³/mol. The lowest BCUT2D eigenvalue weighted by atomic mass is 10.1. The van der Waals surface area contributed by atoms with Crippen molar-refractivity contribution in [1.82, 2.24) is 9.99 Å². The van der Waals surface area contributed by atoms with Crippen molar-refractivity contribution in [2.24, 2.45) is 0 Å². The van der Waals surface area contributed by atoms with Crippen molar-refractivity contribution in [3.63, 3.8) is 0 Å². The van der Waals surface area contributed by atoms with Crippen LogP contribution in [0.4, 0.5) is 30.6 Å². The fourth-order valence-electron chi connectivity index (χ4n) is 5.86. The molecule has 1 N–H and O–H groups in total. The van der Waals surface area contributed by atoms with E-state index in [0.29, 0.717) is 43.1 Å². The van der Waals surface area contributed by atoms with Gasteiger partial charge < -0.3 is 29.3 Å². The lowest BCUT2D eigenvalue weighted by molar-refractivity contribution is -0.119. The van der Waals surface area contributed by atoms with Gasteiger partial charge in [0.25, 0.3) is 0 Å². The smallest absolute Gasteiger partial charge is 0.414 e. The van der Waals surface area contributed by atoms with E-state index in [4.69, 9.17) is 14.2 Å². The number of benzene rings is 2. The second-order valence-corrected chi connectivity index (χ2v) is 11.0. The van der Waals surface area contributed by atoms with Crippen LogP contribution in [0.3, 0.4) is 0 Å². The van der Waals surface area contributed by atoms with Gasteiger partial charge in [-0.25, -0.2) is 18.4 Å². The molecule has 3 aliphatic rings. The molecule has 13 nitrogen and oxygen atoms in total. The van der Waals surface area contributed by atoms with Gasteiger partial charge in [-0.05, 0) is 31.2 Å². The number of anilines is 3. The Bertz CT molecular complexity index is 1760. The van der Waals surface area contributed by atoms with Crippen molar-refractivity contribution in [2.45, 2.75) is 20.0 Å². The molecule has 45 heavy (non-hydrogen) atoms. The highest BCUT2D eigenvalue weighted by Crippen LogP contribution is 2.41. The zero-order valence-corrected chi connectivity index (χ0v) is 25.0. The molecular formula is C30H32F2N6O7. The van der Waals surface area contributed by atoms with Gasteiger partial charge >= 0.3 is 12.1 Å². The Morgan fingerprint density at radius 1 is 1.07 bits per heavy atom. The highest BCUT2D eigenvalue weighted by molar-refractivity contribution is 5.98. The number of hydrogen-bond acceptors (Lipinski definition) is 10. The third kappa shape index (κ3) is 5.42. The maximum absolute atomic E-state index is 15.8. The summed E-state index contributed by atoms with van der Waals surface area (Å²) in [4.78, 5) is 54.2. The molecule has 1 atom stereocenters. The molecule has 2 fully saturated rings. The number of rotatable bonds is 7. The molecule has 3 aliphatic heterocycles. The molecule has 0 spiro atoms. The van der Waals surface area contributed by atoms with E-state index in [1.165, 1.54) is 24.1 Å². The van der Waals surface area contributed by atoms with Gasteiger partial charge in [-0.3, -0.25) is 24.2 Å². The van der Waals surface area contributed by atoms with Crippen LogP contribution < -0.4 is 35.2 Å². The zero-order valence-electron chi connectivity index (χ0n) is 25.0. The van der Waals surface area contributed by atoms with E-state index in [1.54, 1.807) is 40.7 Å². The van der Waals surface area contributed by atoms with E-state index in [-0.39, 0.29) is 54.7 Å². The molecule has 3 aromatic rings. The van der Waals surface area contributed by atoms with Gasteiger partial charge in [0.15, 0.2) is 18.3 Å². The average Bonchev–Trinajstić information content (AvgIpc) is 3.39. The van der Waals surface area contributed by atoms with Crippen molar-refractivity contribution < 1.29 is 37.4 Å². The molecule has 4 heterocycles. The van der Waals surface area contributed by atoms with Crippen LogP contribution in [0.25, 0.3) is 10.9 Å². The van der Waals surface area contributed by atoms with Crippen molar-refractivity contribution in [3.8, 4) is 5.75 Å². The molecule has 15 heteroatoms. The Balaban J connectivity index is 1.22. The van der Waals surface area contributed by atoms with Crippen LogP contribution in [0.15, 0.2) is 35.3 Å². The number of carbonyl (C=O) groups excluding carboxylic acids is 3. The highest BCUT2D eigenvalue weighted by atomic mass is 19.1. The quantitative estimate of drug-likeness (QED) is 0.390. The SMILES string of the molecule is CCOC(=O)c1cn2c3c(c(N4CCN(c5ccc(N6C[C@H](CNC(C)=O)OC6=O)cc5F)CC4)c(F)cc3c1=O)OCN2C. The number of carbonyl (C=O) groups is 3. The first-order chi connectivity index (χ1) is 21.6. The Kier molecular flexibility index (Phi) is 7.85. The van der Waals surface area contributed by atoms with E-state index in [2.05, 4.69) is 5.32 Å². The van der Waals surface area contributed by atoms with Gasteiger partial charge in [-0.1, -0.05) is 0 Å². The maximum atomic E-state index is 15.8. The van der Waals surface area contributed by atoms with Crippen LogP contribution in [0.5, 0.6) is 5.75 Å². The Morgan fingerprint density at radius 3 is 2.49 bits per heavy atom. The summed E-state index contributed by atoms with van der Waals surface area (Å²) in [5.41, 5.74) is 0.330. The topological polar surface area (TPSA) is 126 Å². The summed E-state index contributed by atoms with van der Waals surface area (Å²) in [6.45, 7) is 4.82. The van der Waals surface area contributed by atoms with Crippen molar-refractivity contribution in [3.05, 3.63) is 57.9 Å². The first-order valence-corrected chi connectivity index (χ1v) is 14.5. The Labute approximate surface area is 256 Å². The second kappa shape index (κ2) is 11.8. The summed E-state index contributed by atoms with van der Waals surface area (Å²) in [5.74, 6) is -2.05. The summed E-state index contributed by atoms with van der Waals surface area (Å²) in [6, 6.07) is 5.61. The summed E-state index contributed by atoms with van der Waals surface area (Å²) in [5, 5.41) is 4.25. The predicted octanol–water partition coefficient (Wildman–Crippen LogP) is 2.16. The molecule has 0 unspecified atom stereocenters. The summed E-state index contributed by atoms with van der Waals surface area (Å²) in [6.07, 6.45) is 0.214. The molecule has 1 aromatic heterocycles. The first kappa shape index (κ1) is 30.0. The van der Waals surface area contributed by atoms with Gasteiger partial charge in [0, 0.05) is 46.3 Å². The standard InChI is InChI=1S/C30H32F2N6O7/c1-4-43-29(41)21-15-38-25-20(27(21)40)12-23(32)26(28(25)44-16-34(38)3)36-9-7-35(8-10-36)24-6-5-18(11-22(24)31)37-14-19(45-30(37)42)13-33-17(2)39/h5-6,11-12,15,19H,4,7-10,13-14,16H2,1-3H3,(H,33,39)/t19-/m0/s1. The minimum Gasteiger partial charge on any atom is -0.467 e. The Morgan fingerprint density at radius 2 is 1.80 bits per heavy atom. The zero-order chi connectivity index (χ0) is 32.0. The summed E-state index contributed by atoms with van der Waals surface area (Å²) < 4.78 is 49.0. The van der Waals surface area contributed by atoms with Crippen LogP contribution >= 0.6 is 0 Å². The van der Waals surface area contributed by atoms with E-state index >= 15 is 8.78 Å². The van der Waals surface area contributed by atoms with Gasteiger partial charge in [0.2, 0.25) is 11.3 Å². The van der Waals surface area contributed by atoms with E-state index in [1.807, 2.05) is 4.90 Å². The Hall–Kier alpha value is -5.08. The van der Waals surface area contributed by atoms with Crippen LogP contribution in [-0.4, -0.2) is 88.4 Å². The fraction of sp³-hybridized carbons (Fsp3) is 0.400. The van der Waals surface area contributed by atoms with Crippen molar-refractivity contribution >= 4 is 45.9 Å². The molecule has 2 amide bonds. The normalized spacial score (nSPS) is 17.8. The number of halogens is 2. The van der Waals surface area contributed by atoms with Gasteiger partial charge in [-0.15, -0.1) is 0 Å². The molecular weight excluding hydrogens is 594 g/mol.